The van der Waals surface area contributed by atoms with E-state index >= 15 is 0 Å². The molecule has 0 aliphatic heterocycles. The van der Waals surface area contributed by atoms with Gasteiger partial charge in [-0.05, 0) is 48.5 Å². The number of fused-ring (bicyclic) bond motifs is 3. The van der Waals surface area contributed by atoms with E-state index < -0.39 is 0 Å². The maximum Gasteiger partial charge on any atom is 0.143 e. The van der Waals surface area contributed by atoms with Gasteiger partial charge in [-0.1, -0.05) is 36.4 Å². The van der Waals surface area contributed by atoms with Crippen molar-refractivity contribution in [2.75, 3.05) is 0 Å². The average molecular weight is 479 g/mol. The molecule has 7 aromatic rings. The van der Waals surface area contributed by atoms with E-state index in [0.717, 1.165) is 57.9 Å². The number of hydrogen-bond acceptors (Lipinski definition) is 7. The molecule has 3 aromatic carbocycles. The Balaban J connectivity index is 1.46. The Labute approximate surface area is 200 Å². The lowest BCUT2D eigenvalue weighted by atomic mass is 10.2. The van der Waals surface area contributed by atoms with Gasteiger partial charge >= 0.3 is 0 Å². The summed E-state index contributed by atoms with van der Waals surface area (Å²) in [6, 6.07) is 28.9. The SMILES string of the molecule is c1ccc2sc(-c3cc(-c4nc5ccccc5s4)nc(-c4nc5ccccc5s4)c3)nc2c1. The van der Waals surface area contributed by atoms with Gasteiger partial charge in [0.1, 0.15) is 26.4 Å². The molecule has 4 nitrogen and oxygen atoms in total. The molecule has 0 fully saturated rings. The van der Waals surface area contributed by atoms with Crippen LogP contribution in [-0.2, 0) is 0 Å². The minimum absolute atomic E-state index is 0.849. The quantitative estimate of drug-likeness (QED) is 0.259. The smallest absolute Gasteiger partial charge is 0.143 e. The maximum absolute atomic E-state index is 5.02. The van der Waals surface area contributed by atoms with Gasteiger partial charge in [0.15, 0.2) is 0 Å². The number of thiazole rings is 3. The van der Waals surface area contributed by atoms with Crippen LogP contribution in [0.2, 0.25) is 0 Å². The summed E-state index contributed by atoms with van der Waals surface area (Å²) in [6.07, 6.45) is 0. The monoisotopic (exact) mass is 478 g/mol. The maximum atomic E-state index is 5.02. The van der Waals surface area contributed by atoms with E-state index in [-0.39, 0.29) is 0 Å². The predicted octanol–water partition coefficient (Wildman–Crippen LogP) is 7.91. The molecule has 33 heavy (non-hydrogen) atoms. The minimum atomic E-state index is 0.849. The molecule has 0 aliphatic carbocycles. The van der Waals surface area contributed by atoms with Crippen LogP contribution in [0.5, 0.6) is 0 Å². The highest BCUT2D eigenvalue weighted by Crippen LogP contribution is 2.38. The van der Waals surface area contributed by atoms with Gasteiger partial charge in [0.05, 0.1) is 30.6 Å². The van der Waals surface area contributed by atoms with Crippen LogP contribution in [0.15, 0.2) is 84.9 Å². The Kier molecular flexibility index (Phi) is 4.33. The molecule has 7 rings (SSSR count). The highest BCUT2D eigenvalue weighted by atomic mass is 32.1. The van der Waals surface area contributed by atoms with E-state index in [1.165, 1.54) is 4.70 Å². The largest absolute Gasteiger partial charge is 0.243 e. The summed E-state index contributed by atoms with van der Waals surface area (Å²) in [5.74, 6) is 0. The average Bonchev–Trinajstić information content (AvgIpc) is 3.59. The van der Waals surface area contributed by atoms with Crippen molar-refractivity contribution in [1.82, 2.24) is 19.9 Å². The van der Waals surface area contributed by atoms with Gasteiger partial charge < -0.3 is 0 Å². The first kappa shape index (κ1) is 19.0. The molecule has 0 aliphatic rings. The summed E-state index contributed by atoms with van der Waals surface area (Å²) in [4.78, 5) is 19.6. The second kappa shape index (κ2) is 7.52. The Hall–Kier alpha value is -3.52. The number of hydrogen-bond donors (Lipinski definition) is 0. The van der Waals surface area contributed by atoms with Crippen molar-refractivity contribution in [3.63, 3.8) is 0 Å². The normalized spacial score (nSPS) is 11.6. The second-order valence-electron chi connectivity index (χ2n) is 7.59. The van der Waals surface area contributed by atoms with Crippen LogP contribution in [0, 0.1) is 0 Å². The van der Waals surface area contributed by atoms with Crippen LogP contribution >= 0.6 is 34.0 Å². The van der Waals surface area contributed by atoms with Gasteiger partial charge in [-0.25, -0.2) is 19.9 Å². The number of para-hydroxylation sites is 3. The van der Waals surface area contributed by atoms with Crippen LogP contribution in [0.3, 0.4) is 0 Å². The fourth-order valence-corrected chi connectivity index (χ4v) is 6.64. The first-order chi connectivity index (χ1) is 16.3. The molecule has 0 spiro atoms. The zero-order chi connectivity index (χ0) is 21.8. The summed E-state index contributed by atoms with van der Waals surface area (Å²) < 4.78 is 3.48. The highest BCUT2D eigenvalue weighted by molar-refractivity contribution is 7.22. The molecule has 0 saturated heterocycles. The molecule has 0 unspecified atom stereocenters. The Morgan fingerprint density at radius 2 is 0.818 bits per heavy atom. The lowest BCUT2D eigenvalue weighted by molar-refractivity contribution is 1.29. The number of rotatable bonds is 3. The summed E-state index contributed by atoms with van der Waals surface area (Å²) in [7, 11) is 0. The Bertz CT molecular complexity index is 1470. The van der Waals surface area contributed by atoms with Crippen LogP contribution in [0.25, 0.3) is 62.6 Å². The minimum Gasteiger partial charge on any atom is -0.243 e. The molecule has 0 atom stereocenters. The van der Waals surface area contributed by atoms with Gasteiger partial charge in [0, 0.05) is 5.56 Å². The predicted molar refractivity (Wildman–Crippen MR) is 140 cm³/mol. The van der Waals surface area contributed by atoms with Crippen LogP contribution < -0.4 is 0 Å². The molecule has 0 amide bonds. The van der Waals surface area contributed by atoms with E-state index in [4.69, 9.17) is 19.9 Å². The summed E-state index contributed by atoms with van der Waals surface area (Å²) >= 11 is 5.02. The van der Waals surface area contributed by atoms with Gasteiger partial charge in [-0.15, -0.1) is 34.0 Å². The molecule has 0 saturated carbocycles. The fraction of sp³-hybridized carbons (Fsp3) is 0. The van der Waals surface area contributed by atoms with E-state index in [2.05, 4.69) is 42.5 Å². The number of nitrogens with zero attached hydrogens (tertiary/aromatic N) is 4. The number of benzene rings is 3. The summed E-state index contributed by atoms with van der Waals surface area (Å²) in [5.41, 5.74) is 5.73. The molecule has 0 bridgehead atoms. The molecule has 7 heteroatoms. The first-order valence-electron chi connectivity index (χ1n) is 10.4. The zero-order valence-corrected chi connectivity index (χ0v) is 19.5. The van der Waals surface area contributed by atoms with Crippen molar-refractivity contribution in [1.29, 1.82) is 0 Å². The number of pyridine rings is 1. The topological polar surface area (TPSA) is 51.6 Å². The highest BCUT2D eigenvalue weighted by Gasteiger charge is 2.16. The summed E-state index contributed by atoms with van der Waals surface area (Å²) in [5, 5.41) is 2.78. The van der Waals surface area contributed by atoms with Crippen molar-refractivity contribution in [3.8, 4) is 32.0 Å². The van der Waals surface area contributed by atoms with Crippen LogP contribution in [-0.4, -0.2) is 19.9 Å². The lowest BCUT2D eigenvalue weighted by Gasteiger charge is -2.04. The third-order valence-electron chi connectivity index (χ3n) is 5.39. The van der Waals surface area contributed by atoms with E-state index in [0.29, 0.717) is 0 Å². The molecule has 0 N–H and O–H groups in total. The Morgan fingerprint density at radius 3 is 1.27 bits per heavy atom. The second-order valence-corrected chi connectivity index (χ2v) is 10.7. The van der Waals surface area contributed by atoms with Crippen molar-refractivity contribution >= 4 is 64.7 Å². The van der Waals surface area contributed by atoms with E-state index in [1.54, 1.807) is 34.0 Å². The van der Waals surface area contributed by atoms with Gasteiger partial charge in [0.2, 0.25) is 0 Å². The molecular formula is C26H14N4S3. The van der Waals surface area contributed by atoms with Crippen molar-refractivity contribution in [2.24, 2.45) is 0 Å². The molecule has 4 aromatic heterocycles. The van der Waals surface area contributed by atoms with Crippen LogP contribution in [0.1, 0.15) is 0 Å². The lowest BCUT2D eigenvalue weighted by Crippen LogP contribution is -1.90. The van der Waals surface area contributed by atoms with E-state index in [9.17, 15) is 0 Å². The first-order valence-corrected chi connectivity index (χ1v) is 12.8. The third-order valence-corrected chi connectivity index (χ3v) is 8.60. The molecular weight excluding hydrogens is 465 g/mol. The summed E-state index contributed by atoms with van der Waals surface area (Å²) in [6.45, 7) is 0. The zero-order valence-electron chi connectivity index (χ0n) is 17.1. The fourth-order valence-electron chi connectivity index (χ4n) is 3.83. The standard InChI is InChI=1S/C26H14N4S3/c1-4-10-21-16(7-1)28-24(31-21)15-13-19(25-29-17-8-2-5-11-22(17)32-25)27-20(14-15)26-30-18-9-3-6-12-23(18)33-26/h1-14H. The molecule has 4 heterocycles. The Morgan fingerprint density at radius 1 is 0.424 bits per heavy atom. The van der Waals surface area contributed by atoms with Gasteiger partial charge in [0.25, 0.3) is 0 Å². The third kappa shape index (κ3) is 3.33. The molecule has 0 radical (unpaired) electrons. The van der Waals surface area contributed by atoms with Gasteiger partial charge in [-0.3, -0.25) is 0 Å². The van der Waals surface area contributed by atoms with E-state index in [1.807, 2.05) is 42.5 Å². The number of aromatic nitrogens is 4. The van der Waals surface area contributed by atoms with Crippen molar-refractivity contribution in [2.45, 2.75) is 0 Å². The van der Waals surface area contributed by atoms with Crippen molar-refractivity contribution < 1.29 is 0 Å². The van der Waals surface area contributed by atoms with Gasteiger partial charge in [-0.2, -0.15) is 0 Å². The van der Waals surface area contributed by atoms with Crippen molar-refractivity contribution in [3.05, 3.63) is 84.9 Å². The molecule has 156 valence electrons. The van der Waals surface area contributed by atoms with Crippen LogP contribution in [0.4, 0.5) is 0 Å².